The number of benzene rings is 2. The molecule has 0 radical (unpaired) electrons. The van der Waals surface area contributed by atoms with Crippen LogP contribution in [0, 0.1) is 0 Å². The zero-order chi connectivity index (χ0) is 27.5. The summed E-state index contributed by atoms with van der Waals surface area (Å²) in [5.41, 5.74) is 2.46. The Hall–Kier alpha value is -2.82. The van der Waals surface area contributed by atoms with Crippen LogP contribution in [0.3, 0.4) is 0 Å². The van der Waals surface area contributed by atoms with E-state index < -0.39 is 6.04 Å². The Morgan fingerprint density at radius 3 is 2.62 bits per heavy atom. The maximum Gasteiger partial charge on any atom is 0.338 e. The molecule has 1 atom stereocenters. The number of nitrogens with one attached hydrogen (secondary N) is 1. The number of ether oxygens (including phenoxy) is 3. The maximum atomic E-state index is 13.6. The molecule has 9 nitrogen and oxygen atoms in total. The van der Waals surface area contributed by atoms with Crippen LogP contribution in [0.15, 0.2) is 46.1 Å². The minimum atomic E-state index is -0.644. The van der Waals surface area contributed by atoms with E-state index in [2.05, 4.69) is 36.8 Å². The van der Waals surface area contributed by atoms with E-state index in [4.69, 9.17) is 37.4 Å². The molecule has 1 aromatic heterocycles. The second-order valence-corrected chi connectivity index (χ2v) is 11.1. The quantitative estimate of drug-likeness (QED) is 0.267. The second-order valence-electron chi connectivity index (χ2n) is 9.43. The summed E-state index contributed by atoms with van der Waals surface area (Å²) in [7, 11) is 0. The van der Waals surface area contributed by atoms with Crippen molar-refractivity contribution in [3.8, 4) is 11.5 Å². The summed E-state index contributed by atoms with van der Waals surface area (Å²) in [5, 5.41) is 16.3. The zero-order valence-electron chi connectivity index (χ0n) is 21.5. The number of allylic oxidation sites excluding steroid dienone is 1. The van der Waals surface area contributed by atoms with Crippen LogP contribution in [0.5, 0.6) is 11.5 Å². The van der Waals surface area contributed by atoms with E-state index in [0.29, 0.717) is 55.4 Å². The molecule has 1 aliphatic carbocycles. The van der Waals surface area contributed by atoms with Crippen molar-refractivity contribution in [2.75, 3.05) is 11.9 Å². The Kier molecular flexibility index (Phi) is 8.64. The molecule has 2 aliphatic rings. The minimum absolute atomic E-state index is 0.0967. The van der Waals surface area contributed by atoms with Gasteiger partial charge in [0.1, 0.15) is 18.8 Å². The topological polar surface area (TPSA) is 100 Å². The van der Waals surface area contributed by atoms with Crippen LogP contribution < -0.4 is 14.8 Å². The first-order valence-electron chi connectivity index (χ1n) is 12.9. The van der Waals surface area contributed by atoms with Gasteiger partial charge in [-0.1, -0.05) is 40.8 Å². The third-order valence-electron chi connectivity index (χ3n) is 6.83. The largest absolute Gasteiger partial charge is 0.490 e. The van der Waals surface area contributed by atoms with E-state index in [-0.39, 0.29) is 18.7 Å². The molecule has 1 saturated carbocycles. The monoisotopic (exact) mass is 635 g/mol. The van der Waals surface area contributed by atoms with Crippen molar-refractivity contribution in [1.29, 1.82) is 0 Å². The highest BCUT2D eigenvalue weighted by Gasteiger charge is 2.37. The maximum absolute atomic E-state index is 13.6. The van der Waals surface area contributed by atoms with Gasteiger partial charge in [-0.15, -0.1) is 0 Å². The molecule has 1 aliphatic heterocycles. The molecule has 5 rings (SSSR count). The fraction of sp³-hybridized carbons (Fsp3) is 0.407. The van der Waals surface area contributed by atoms with Gasteiger partial charge >= 0.3 is 5.97 Å². The van der Waals surface area contributed by atoms with Gasteiger partial charge in [-0.2, -0.15) is 4.68 Å². The molecule has 39 heavy (non-hydrogen) atoms. The van der Waals surface area contributed by atoms with Crippen LogP contribution in [-0.4, -0.2) is 38.9 Å². The van der Waals surface area contributed by atoms with Crippen molar-refractivity contribution < 1.29 is 19.0 Å². The van der Waals surface area contributed by atoms with E-state index in [1.54, 1.807) is 22.9 Å². The molecule has 206 valence electrons. The predicted octanol–water partition coefficient (Wildman–Crippen LogP) is 6.88. The molecule has 1 N–H and O–H groups in total. The van der Waals surface area contributed by atoms with Gasteiger partial charge in [-0.05, 0) is 95.7 Å². The van der Waals surface area contributed by atoms with Gasteiger partial charge in [0.2, 0.25) is 5.95 Å². The van der Waals surface area contributed by atoms with Crippen molar-refractivity contribution in [3.63, 3.8) is 0 Å². The van der Waals surface area contributed by atoms with Crippen LogP contribution in [-0.2, 0) is 16.1 Å². The molecule has 3 aromatic rings. The molecule has 2 aromatic carbocycles. The fourth-order valence-corrected chi connectivity index (χ4v) is 6.03. The molecule has 0 amide bonds. The zero-order valence-corrected chi connectivity index (χ0v) is 24.6. The number of nitrogens with zero attached hydrogens (tertiary/aromatic N) is 4. The number of aromatic nitrogens is 4. The summed E-state index contributed by atoms with van der Waals surface area (Å²) in [6.45, 7) is 4.24. The summed E-state index contributed by atoms with van der Waals surface area (Å²) >= 11 is 16.3. The van der Waals surface area contributed by atoms with Crippen LogP contribution in [0.25, 0.3) is 0 Å². The number of fused-ring (bicyclic) bond motifs is 1. The summed E-state index contributed by atoms with van der Waals surface area (Å²) in [5.74, 6) is 1.00. The van der Waals surface area contributed by atoms with Crippen molar-refractivity contribution >= 4 is 51.0 Å². The summed E-state index contributed by atoms with van der Waals surface area (Å²) in [6, 6.07) is 8.36. The fourth-order valence-electron chi connectivity index (χ4n) is 4.95. The van der Waals surface area contributed by atoms with Gasteiger partial charge in [-0.25, -0.2) is 4.79 Å². The van der Waals surface area contributed by atoms with Gasteiger partial charge in [0, 0.05) is 21.3 Å². The first kappa shape index (κ1) is 27.7. The Balaban J connectivity index is 1.51. The van der Waals surface area contributed by atoms with Crippen LogP contribution in [0.4, 0.5) is 5.95 Å². The first-order valence-corrected chi connectivity index (χ1v) is 14.4. The lowest BCUT2D eigenvalue weighted by molar-refractivity contribution is -0.146. The number of esters is 1. The van der Waals surface area contributed by atoms with Gasteiger partial charge < -0.3 is 19.5 Å². The number of carbonyl (C=O) groups is 1. The number of hydrogen-bond donors (Lipinski definition) is 1. The van der Waals surface area contributed by atoms with E-state index >= 15 is 0 Å². The van der Waals surface area contributed by atoms with Gasteiger partial charge in [0.05, 0.1) is 16.7 Å². The Morgan fingerprint density at radius 1 is 1.15 bits per heavy atom. The minimum Gasteiger partial charge on any atom is -0.490 e. The van der Waals surface area contributed by atoms with Crippen LogP contribution >= 0.6 is 39.1 Å². The van der Waals surface area contributed by atoms with Gasteiger partial charge in [0.25, 0.3) is 0 Å². The Morgan fingerprint density at radius 2 is 1.90 bits per heavy atom. The Bertz CT molecular complexity index is 1390. The first-order chi connectivity index (χ1) is 18.9. The highest BCUT2D eigenvalue weighted by atomic mass is 79.9. The van der Waals surface area contributed by atoms with E-state index in [1.807, 2.05) is 26.0 Å². The number of halogens is 3. The third-order valence-corrected chi connectivity index (χ3v) is 8.13. The van der Waals surface area contributed by atoms with E-state index in [1.165, 1.54) is 6.42 Å². The lowest BCUT2D eigenvalue weighted by Crippen LogP contribution is -2.32. The molecule has 0 bridgehead atoms. The molecule has 12 heteroatoms. The van der Waals surface area contributed by atoms with Crippen LogP contribution in [0.1, 0.15) is 63.1 Å². The molecule has 0 saturated heterocycles. The van der Waals surface area contributed by atoms with E-state index in [9.17, 15) is 4.79 Å². The summed E-state index contributed by atoms with van der Waals surface area (Å²) < 4.78 is 20.3. The lowest BCUT2D eigenvalue weighted by atomic mass is 9.94. The van der Waals surface area contributed by atoms with Crippen molar-refractivity contribution in [2.45, 2.75) is 64.7 Å². The second kappa shape index (κ2) is 12.1. The predicted molar refractivity (Wildman–Crippen MR) is 151 cm³/mol. The number of tetrazole rings is 1. The van der Waals surface area contributed by atoms with Crippen LogP contribution in [0.2, 0.25) is 10.0 Å². The molecule has 0 spiro atoms. The molecular weight excluding hydrogens is 609 g/mol. The van der Waals surface area contributed by atoms with Crippen molar-refractivity contribution in [2.24, 2.45) is 0 Å². The SMILES string of the molecule is CCOc1cc(C2C(C(=O)OC3CCCCC3)=C(C)Nc3nnnn32)cc(Br)c1OCc1c(Cl)cccc1Cl. The number of rotatable bonds is 8. The number of anilines is 1. The average molecular weight is 637 g/mol. The average Bonchev–Trinajstić information content (AvgIpc) is 3.37. The van der Waals surface area contributed by atoms with Gasteiger partial charge in [0.15, 0.2) is 11.5 Å². The molecule has 2 heterocycles. The lowest BCUT2D eigenvalue weighted by Gasteiger charge is -2.30. The van der Waals surface area contributed by atoms with Crippen molar-refractivity contribution in [3.05, 3.63) is 67.2 Å². The molecule has 1 fully saturated rings. The third kappa shape index (κ3) is 5.88. The highest BCUT2D eigenvalue weighted by Crippen LogP contribution is 2.43. The van der Waals surface area contributed by atoms with Gasteiger partial charge in [-0.3, -0.25) is 0 Å². The summed E-state index contributed by atoms with van der Waals surface area (Å²) in [4.78, 5) is 13.6. The Labute approximate surface area is 244 Å². The highest BCUT2D eigenvalue weighted by molar-refractivity contribution is 9.10. The van der Waals surface area contributed by atoms with Crippen molar-refractivity contribution in [1.82, 2.24) is 20.2 Å². The normalized spacial score (nSPS) is 17.4. The standard InChI is InChI=1S/C27H28BrCl2N5O4/c1-3-37-22-13-16(12-19(28)25(22)38-14-18-20(29)10-7-11-21(18)30)24-23(15(2)31-27-32-33-34-35(24)27)26(36)39-17-8-5-4-6-9-17/h7,10-13,17,24H,3-6,8-9,14H2,1-2H3,(H,31,32,34). The number of hydrogen-bond acceptors (Lipinski definition) is 8. The molecule has 1 unspecified atom stereocenters. The smallest absolute Gasteiger partial charge is 0.338 e. The number of carbonyl (C=O) groups excluding carboxylic acids is 1. The molecular formula is C27H28BrCl2N5O4. The summed E-state index contributed by atoms with van der Waals surface area (Å²) in [6.07, 6.45) is 4.92. The van der Waals surface area contributed by atoms with E-state index in [0.717, 1.165) is 31.2 Å².